The van der Waals surface area contributed by atoms with Crippen molar-refractivity contribution in [2.75, 3.05) is 0 Å². The number of nitrogens with one attached hydrogen (secondary N) is 1. The number of aromatic nitrogens is 2. The molecule has 0 aliphatic carbocycles. The topological polar surface area (TPSA) is 90.9 Å². The van der Waals surface area contributed by atoms with Gasteiger partial charge in [-0.25, -0.2) is 0 Å². The number of carbonyl (C=O) groups is 1. The van der Waals surface area contributed by atoms with Gasteiger partial charge in [-0.15, -0.1) is 0 Å². The van der Waals surface area contributed by atoms with Gasteiger partial charge < -0.3 is 25.6 Å². The Labute approximate surface area is 82.4 Å². The van der Waals surface area contributed by atoms with Gasteiger partial charge in [-0.2, -0.15) is 0 Å². The second-order valence-electron chi connectivity index (χ2n) is 2.09. The molecule has 60 valence electrons. The molecule has 1 N–H and O–H groups in total. The van der Waals surface area contributed by atoms with E-state index in [0.29, 0.717) is 5.69 Å². The van der Waals surface area contributed by atoms with Gasteiger partial charge in [0.05, 0.1) is 0 Å². The maximum Gasteiger partial charge on any atom is 3.00 e. The molecule has 0 radical (unpaired) electrons. The average molecular weight is 222 g/mol. The Bertz CT molecular complexity index is 237. The fraction of sp³-hybridized carbons (Fsp3) is 0.333. The number of hydrogen-bond acceptors (Lipinski definition) is 3. The first kappa shape index (κ1) is 11.3. The molecule has 0 fully saturated rings. The predicted octanol–water partition coefficient (Wildman–Crippen LogP) is -1.63. The van der Waals surface area contributed by atoms with Crippen molar-refractivity contribution in [2.45, 2.75) is 12.5 Å². The summed E-state index contributed by atoms with van der Waals surface area (Å²) >= 11 is 0. The standard InChI is InChI=1S/C6H8N3O2.Ga/c7-5(6(10)11)1-4-2-8-3-9-4;/h2-3,5,7H,1H2,(H2,8,9,10,11);/q-1;+3/p-2/t5-;/m0./s1. The van der Waals surface area contributed by atoms with Crippen molar-refractivity contribution >= 4 is 25.8 Å². The Balaban J connectivity index is 0.00000121. The molecule has 0 saturated heterocycles. The zero-order chi connectivity index (χ0) is 8.27. The van der Waals surface area contributed by atoms with Crippen LogP contribution in [0.15, 0.2) is 12.5 Å². The van der Waals surface area contributed by atoms with Crippen molar-refractivity contribution in [3.63, 3.8) is 0 Å². The Kier molecular flexibility index (Phi) is 4.71. The van der Waals surface area contributed by atoms with Gasteiger partial charge in [0.2, 0.25) is 0 Å². The van der Waals surface area contributed by atoms with Crippen LogP contribution >= 0.6 is 0 Å². The summed E-state index contributed by atoms with van der Waals surface area (Å²) in [5.41, 5.74) is 7.48. The van der Waals surface area contributed by atoms with E-state index in [-0.39, 0.29) is 26.2 Å². The van der Waals surface area contributed by atoms with Crippen LogP contribution in [0.5, 0.6) is 0 Å². The first-order valence-corrected chi connectivity index (χ1v) is 3.03. The maximum absolute atomic E-state index is 10.1. The summed E-state index contributed by atoms with van der Waals surface area (Å²) in [6.45, 7) is 0. The van der Waals surface area contributed by atoms with Crippen LogP contribution in [0, 0.1) is 0 Å². The van der Waals surface area contributed by atoms with Crippen LogP contribution < -0.4 is 10.1 Å². The van der Waals surface area contributed by atoms with Gasteiger partial charge in [-0.3, -0.25) is 0 Å². The molecule has 0 spiro atoms. The van der Waals surface area contributed by atoms with E-state index in [0.717, 1.165) is 0 Å². The first-order chi connectivity index (χ1) is 5.20. The SMILES string of the molecule is [Ga+3].[NH-][C@@H](Cc1c[n-]cn1)C(=O)[O-]. The van der Waals surface area contributed by atoms with Crippen molar-refractivity contribution < 1.29 is 9.90 Å². The third kappa shape index (κ3) is 3.12. The minimum absolute atomic E-state index is 0. The zero-order valence-corrected chi connectivity index (χ0v) is 8.65. The molecule has 0 bridgehead atoms. The van der Waals surface area contributed by atoms with Crippen LogP contribution in [0.1, 0.15) is 5.69 Å². The molecular weight excluding hydrogens is 216 g/mol. The molecule has 1 aromatic heterocycles. The van der Waals surface area contributed by atoms with Crippen LogP contribution in [-0.2, 0) is 11.2 Å². The second-order valence-corrected chi connectivity index (χ2v) is 2.09. The quantitative estimate of drug-likeness (QED) is 0.574. The Morgan fingerprint density at radius 3 is 2.92 bits per heavy atom. The van der Waals surface area contributed by atoms with Gasteiger partial charge in [0.25, 0.3) is 0 Å². The average Bonchev–Trinajstić information content (AvgIpc) is 2.39. The molecule has 1 rings (SSSR count). The molecule has 5 nitrogen and oxygen atoms in total. The molecule has 1 aromatic rings. The predicted molar refractivity (Wildman–Crippen MR) is 40.1 cm³/mol. The van der Waals surface area contributed by atoms with Crippen molar-refractivity contribution in [3.8, 4) is 0 Å². The fourth-order valence-corrected chi connectivity index (χ4v) is 0.658. The van der Waals surface area contributed by atoms with Crippen molar-refractivity contribution in [1.29, 1.82) is 0 Å². The van der Waals surface area contributed by atoms with E-state index < -0.39 is 12.0 Å². The van der Waals surface area contributed by atoms with Crippen LogP contribution in [0.3, 0.4) is 0 Å². The van der Waals surface area contributed by atoms with E-state index in [4.69, 9.17) is 5.73 Å². The molecule has 0 amide bonds. The number of nitrogens with zero attached hydrogens (tertiary/aromatic N) is 2. The summed E-state index contributed by atoms with van der Waals surface area (Å²) in [6.07, 6.45) is 2.81. The number of carboxylic acids is 1. The number of carbonyl (C=O) groups excluding carboxylic acids is 1. The monoisotopic (exact) mass is 221 g/mol. The molecule has 6 heteroatoms. The van der Waals surface area contributed by atoms with E-state index in [9.17, 15) is 9.90 Å². The third-order valence-corrected chi connectivity index (χ3v) is 1.21. The zero-order valence-electron chi connectivity index (χ0n) is 6.23. The van der Waals surface area contributed by atoms with E-state index >= 15 is 0 Å². The van der Waals surface area contributed by atoms with Crippen LogP contribution in [0.2, 0.25) is 0 Å². The normalized spacial score (nSPS) is 11.8. The maximum atomic E-state index is 10.1. The van der Waals surface area contributed by atoms with Gasteiger partial charge in [-0.05, 0) is 6.42 Å². The summed E-state index contributed by atoms with van der Waals surface area (Å²) in [6, 6.07) is -1.24. The molecule has 0 saturated carbocycles. The number of aliphatic carboxylic acids is 1. The molecule has 1 heterocycles. The number of rotatable bonds is 3. The molecule has 12 heavy (non-hydrogen) atoms. The van der Waals surface area contributed by atoms with E-state index in [1.165, 1.54) is 12.5 Å². The Morgan fingerprint density at radius 1 is 1.83 bits per heavy atom. The second kappa shape index (κ2) is 5.02. The van der Waals surface area contributed by atoms with Gasteiger partial charge in [0, 0.05) is 5.97 Å². The van der Waals surface area contributed by atoms with Crippen molar-refractivity contribution in [2.24, 2.45) is 0 Å². The number of hydrogen-bond donors (Lipinski definition) is 0. The van der Waals surface area contributed by atoms with Gasteiger partial charge in [0.1, 0.15) is 0 Å². The Hall–Kier alpha value is -0.724. The summed E-state index contributed by atoms with van der Waals surface area (Å²) in [5, 5.41) is 10.1. The first-order valence-electron chi connectivity index (χ1n) is 3.03. The minimum atomic E-state index is -1.38. The molecule has 0 aliphatic heterocycles. The molecule has 0 aliphatic rings. The fourth-order valence-electron chi connectivity index (χ4n) is 0.658. The van der Waals surface area contributed by atoms with Crippen LogP contribution in [0.25, 0.3) is 5.73 Å². The summed E-state index contributed by atoms with van der Waals surface area (Å²) in [4.78, 5) is 17.4. The van der Waals surface area contributed by atoms with Gasteiger partial charge in [0.15, 0.2) is 0 Å². The molecule has 0 aromatic carbocycles. The minimum Gasteiger partial charge on any atom is -0.670 e. The van der Waals surface area contributed by atoms with Gasteiger partial charge in [-0.1, -0.05) is 24.3 Å². The summed E-state index contributed by atoms with van der Waals surface area (Å²) in [7, 11) is 0. The summed E-state index contributed by atoms with van der Waals surface area (Å²) < 4.78 is 0. The molecule has 0 unspecified atom stereocenters. The molecule has 1 atom stereocenters. The van der Waals surface area contributed by atoms with Crippen LogP contribution in [0.4, 0.5) is 0 Å². The summed E-state index contributed by atoms with van der Waals surface area (Å²) in [5.74, 6) is -1.38. The molecular formula is C6H6GaN3O2. The van der Waals surface area contributed by atoms with E-state index in [1.807, 2.05) is 0 Å². The van der Waals surface area contributed by atoms with Crippen molar-refractivity contribution in [1.82, 2.24) is 9.97 Å². The number of carboxylic acid groups (broad SMARTS) is 1. The van der Waals surface area contributed by atoms with Crippen LogP contribution in [-0.4, -0.2) is 36.8 Å². The largest absolute Gasteiger partial charge is 3.00 e. The Morgan fingerprint density at radius 2 is 2.50 bits per heavy atom. The smallest absolute Gasteiger partial charge is 0.670 e. The number of imidazole rings is 1. The van der Waals surface area contributed by atoms with Gasteiger partial charge >= 0.3 is 19.8 Å². The van der Waals surface area contributed by atoms with E-state index in [2.05, 4.69) is 9.97 Å². The van der Waals surface area contributed by atoms with E-state index in [1.54, 1.807) is 0 Å². The third-order valence-electron chi connectivity index (χ3n) is 1.21. The van der Waals surface area contributed by atoms with Crippen molar-refractivity contribution in [3.05, 3.63) is 24.0 Å².